The number of thiophene rings is 1. The zero-order chi connectivity index (χ0) is 20.1. The first-order valence-corrected chi connectivity index (χ1v) is 9.60. The minimum atomic E-state index is -0.774. The minimum absolute atomic E-state index is 0.383. The van der Waals surface area contributed by atoms with Crippen molar-refractivity contribution in [3.63, 3.8) is 0 Å². The van der Waals surface area contributed by atoms with E-state index in [1.807, 2.05) is 35.7 Å². The molecule has 1 atom stereocenters. The zero-order valence-electron chi connectivity index (χ0n) is 16.0. The van der Waals surface area contributed by atoms with Crippen molar-refractivity contribution in [3.05, 3.63) is 70.6 Å². The van der Waals surface area contributed by atoms with Gasteiger partial charge < -0.3 is 19.3 Å². The predicted octanol–water partition coefficient (Wildman–Crippen LogP) is 4.50. The summed E-state index contributed by atoms with van der Waals surface area (Å²) in [5.41, 5.74) is 2.97. The molecule has 146 valence electrons. The predicted molar refractivity (Wildman–Crippen MR) is 109 cm³/mol. The van der Waals surface area contributed by atoms with Crippen LogP contribution in [0.1, 0.15) is 27.6 Å². The summed E-state index contributed by atoms with van der Waals surface area (Å²) in [5.74, 6) is 0.873. The topological polar surface area (TPSA) is 65.0 Å². The van der Waals surface area contributed by atoms with Crippen molar-refractivity contribution < 1.29 is 24.1 Å². The van der Waals surface area contributed by atoms with Gasteiger partial charge in [-0.3, -0.25) is 0 Å². The molecular weight excluding hydrogens is 376 g/mol. The number of aliphatic hydroxyl groups excluding tert-OH is 1. The molecule has 6 heteroatoms. The number of carbonyl (C=O) groups is 1. The first-order chi connectivity index (χ1) is 13.6. The van der Waals surface area contributed by atoms with Crippen LogP contribution in [0, 0.1) is 0 Å². The zero-order valence-corrected chi connectivity index (χ0v) is 16.8. The monoisotopic (exact) mass is 398 g/mol. The fourth-order valence-electron chi connectivity index (χ4n) is 3.04. The van der Waals surface area contributed by atoms with Gasteiger partial charge in [0, 0.05) is 28.5 Å². The maximum atomic E-state index is 11.6. The molecule has 0 fully saturated rings. The molecule has 3 aromatic rings. The van der Waals surface area contributed by atoms with Crippen molar-refractivity contribution in [2.24, 2.45) is 0 Å². The summed E-state index contributed by atoms with van der Waals surface area (Å²) in [6.45, 7) is 0. The fourth-order valence-corrected chi connectivity index (χ4v) is 3.78. The number of esters is 1. The van der Waals surface area contributed by atoms with Crippen LogP contribution in [-0.2, 0) is 11.2 Å². The van der Waals surface area contributed by atoms with Gasteiger partial charge in [-0.05, 0) is 35.2 Å². The molecule has 2 aromatic carbocycles. The van der Waals surface area contributed by atoms with Crippen LogP contribution >= 0.6 is 11.3 Å². The fraction of sp³-hybridized carbons (Fsp3) is 0.227. The van der Waals surface area contributed by atoms with Crippen LogP contribution in [0.4, 0.5) is 0 Å². The molecule has 1 unspecified atom stereocenters. The van der Waals surface area contributed by atoms with E-state index in [-0.39, 0.29) is 5.97 Å². The molecule has 0 aliphatic heterocycles. The first kappa shape index (κ1) is 19.9. The van der Waals surface area contributed by atoms with Gasteiger partial charge in [0.05, 0.1) is 33.0 Å². The Morgan fingerprint density at radius 2 is 1.75 bits per heavy atom. The third-order valence-corrected chi connectivity index (χ3v) is 5.40. The second kappa shape index (κ2) is 8.91. The van der Waals surface area contributed by atoms with Gasteiger partial charge in [-0.2, -0.15) is 0 Å². The van der Waals surface area contributed by atoms with Crippen LogP contribution in [0.5, 0.6) is 11.5 Å². The smallest absolute Gasteiger partial charge is 0.337 e. The van der Waals surface area contributed by atoms with Gasteiger partial charge in [0.25, 0.3) is 0 Å². The highest BCUT2D eigenvalue weighted by atomic mass is 32.1. The first-order valence-electron chi connectivity index (χ1n) is 8.72. The van der Waals surface area contributed by atoms with Crippen molar-refractivity contribution in [1.29, 1.82) is 0 Å². The maximum absolute atomic E-state index is 11.6. The minimum Gasteiger partial charge on any atom is -0.496 e. The van der Waals surface area contributed by atoms with E-state index < -0.39 is 6.10 Å². The lowest BCUT2D eigenvalue weighted by atomic mass is 9.97. The molecular formula is C22H22O5S. The molecule has 28 heavy (non-hydrogen) atoms. The van der Waals surface area contributed by atoms with E-state index in [2.05, 4.69) is 0 Å². The van der Waals surface area contributed by atoms with E-state index in [0.717, 1.165) is 16.0 Å². The van der Waals surface area contributed by atoms with Crippen molar-refractivity contribution in [1.82, 2.24) is 0 Å². The van der Waals surface area contributed by atoms with Gasteiger partial charge in [0.2, 0.25) is 0 Å². The van der Waals surface area contributed by atoms with E-state index in [9.17, 15) is 9.90 Å². The summed E-state index contributed by atoms with van der Waals surface area (Å²) in [7, 11) is 4.53. The molecule has 0 amide bonds. The molecule has 0 spiro atoms. The van der Waals surface area contributed by atoms with Crippen molar-refractivity contribution in [3.8, 4) is 21.9 Å². The summed E-state index contributed by atoms with van der Waals surface area (Å²) in [4.78, 5) is 12.6. The van der Waals surface area contributed by atoms with Gasteiger partial charge in [-0.1, -0.05) is 18.2 Å². The molecule has 0 bridgehead atoms. The van der Waals surface area contributed by atoms with Gasteiger partial charge in [-0.25, -0.2) is 4.79 Å². The number of carbonyl (C=O) groups excluding carboxylic acids is 1. The quantitative estimate of drug-likeness (QED) is 0.594. The Kier molecular flexibility index (Phi) is 6.34. The maximum Gasteiger partial charge on any atom is 0.337 e. The second-order valence-electron chi connectivity index (χ2n) is 6.18. The van der Waals surface area contributed by atoms with Crippen LogP contribution in [0.3, 0.4) is 0 Å². The van der Waals surface area contributed by atoms with Crippen LogP contribution in [-0.4, -0.2) is 32.4 Å². The third kappa shape index (κ3) is 4.18. The largest absolute Gasteiger partial charge is 0.496 e. The molecule has 1 N–H and O–H groups in total. The van der Waals surface area contributed by atoms with Crippen LogP contribution in [0.25, 0.3) is 10.4 Å². The summed E-state index contributed by atoms with van der Waals surface area (Å²) in [6.07, 6.45) is -0.392. The number of rotatable bonds is 7. The molecule has 3 rings (SSSR count). The van der Waals surface area contributed by atoms with Crippen molar-refractivity contribution in [2.75, 3.05) is 21.3 Å². The lowest BCUT2D eigenvalue weighted by Gasteiger charge is -2.18. The highest BCUT2D eigenvalue weighted by Crippen LogP contribution is 2.40. The van der Waals surface area contributed by atoms with E-state index in [4.69, 9.17) is 14.2 Å². The Hall–Kier alpha value is -2.83. The summed E-state index contributed by atoms with van der Waals surface area (Å²) in [5, 5.41) is 12.9. The molecule has 0 radical (unpaired) electrons. The highest BCUT2D eigenvalue weighted by Gasteiger charge is 2.19. The summed E-state index contributed by atoms with van der Waals surface area (Å²) < 4.78 is 15.7. The Balaban J connectivity index is 1.91. The number of aliphatic hydroxyl groups is 1. The van der Waals surface area contributed by atoms with Gasteiger partial charge in [0.15, 0.2) is 0 Å². The Labute approximate surface area is 168 Å². The number of hydrogen-bond donors (Lipinski definition) is 1. The lowest BCUT2D eigenvalue weighted by Crippen LogP contribution is -2.06. The van der Waals surface area contributed by atoms with Gasteiger partial charge in [-0.15, -0.1) is 11.3 Å². The second-order valence-corrected chi connectivity index (χ2v) is 7.13. The van der Waals surface area contributed by atoms with Crippen LogP contribution in [0.2, 0.25) is 0 Å². The number of benzene rings is 2. The average Bonchev–Trinajstić information content (AvgIpc) is 3.27. The molecule has 5 nitrogen and oxygen atoms in total. The molecule has 0 saturated heterocycles. The van der Waals surface area contributed by atoms with Crippen molar-refractivity contribution in [2.45, 2.75) is 12.5 Å². The average molecular weight is 398 g/mol. The van der Waals surface area contributed by atoms with E-state index in [1.54, 1.807) is 43.8 Å². The normalized spacial score (nSPS) is 11.7. The van der Waals surface area contributed by atoms with E-state index in [1.165, 1.54) is 7.11 Å². The SMILES string of the molecule is COC(=O)c1ccc(CC(O)c2cc(-c3cccs3)c(OC)cc2OC)cc1. The summed E-state index contributed by atoms with van der Waals surface area (Å²) in [6, 6.07) is 14.7. The number of methoxy groups -OCH3 is 3. The van der Waals surface area contributed by atoms with E-state index in [0.29, 0.717) is 29.0 Å². The standard InChI is InChI=1S/C22H22O5S/c1-25-19-13-20(26-2)17(21-5-4-10-28-21)12-16(19)18(23)11-14-6-8-15(9-7-14)22(24)27-3/h4-10,12-13,18,23H,11H2,1-3H3. The highest BCUT2D eigenvalue weighted by molar-refractivity contribution is 7.13. The van der Waals surface area contributed by atoms with Gasteiger partial charge in [0.1, 0.15) is 11.5 Å². The van der Waals surface area contributed by atoms with Crippen molar-refractivity contribution >= 4 is 17.3 Å². The Morgan fingerprint density at radius 1 is 1.04 bits per heavy atom. The van der Waals surface area contributed by atoms with Crippen LogP contribution < -0.4 is 9.47 Å². The Morgan fingerprint density at radius 3 is 2.32 bits per heavy atom. The van der Waals surface area contributed by atoms with Gasteiger partial charge >= 0.3 is 5.97 Å². The number of ether oxygens (including phenoxy) is 3. The van der Waals surface area contributed by atoms with Crippen LogP contribution in [0.15, 0.2) is 53.9 Å². The Bertz CT molecular complexity index is 932. The third-order valence-electron chi connectivity index (χ3n) is 4.50. The molecule has 0 aliphatic carbocycles. The van der Waals surface area contributed by atoms with E-state index >= 15 is 0 Å². The lowest BCUT2D eigenvalue weighted by molar-refractivity contribution is 0.0600. The molecule has 0 aliphatic rings. The molecule has 0 saturated carbocycles. The number of hydrogen-bond acceptors (Lipinski definition) is 6. The molecule has 1 heterocycles. The molecule has 1 aromatic heterocycles. The summed E-state index contributed by atoms with van der Waals surface area (Å²) >= 11 is 1.60.